The molecular formula is C12H15NO5. The van der Waals surface area contributed by atoms with Gasteiger partial charge in [-0.1, -0.05) is 18.2 Å². The molecule has 0 aliphatic heterocycles. The van der Waals surface area contributed by atoms with E-state index in [0.717, 1.165) is 10.9 Å². The Hall–Kier alpha value is -2.18. The molecule has 6 heteroatoms. The maximum Gasteiger partial charge on any atom is 0.332 e. The molecule has 1 heterocycles. The van der Waals surface area contributed by atoms with Gasteiger partial charge in [-0.3, -0.25) is 4.79 Å². The molecule has 2 rings (SSSR count). The molecule has 0 aliphatic rings. The van der Waals surface area contributed by atoms with Gasteiger partial charge in [0.05, 0.1) is 0 Å². The second-order valence-electron chi connectivity index (χ2n) is 3.42. The lowest BCUT2D eigenvalue weighted by atomic mass is 10.2. The number of para-hydroxylation sites is 1. The molecule has 0 spiro atoms. The van der Waals surface area contributed by atoms with Gasteiger partial charge in [-0.2, -0.15) is 0 Å². The summed E-state index contributed by atoms with van der Waals surface area (Å²) in [5, 5.41) is 16.8. The summed E-state index contributed by atoms with van der Waals surface area (Å²) < 4.78 is 0. The number of aliphatic carboxylic acids is 1. The van der Waals surface area contributed by atoms with Crippen molar-refractivity contribution in [2.45, 2.75) is 13.0 Å². The predicted octanol–water partition coefficient (Wildman–Crippen LogP) is 0.155. The normalized spacial score (nSPS) is 10.8. The molecule has 1 unspecified atom stereocenters. The van der Waals surface area contributed by atoms with Gasteiger partial charge in [0.15, 0.2) is 0 Å². The summed E-state index contributed by atoms with van der Waals surface area (Å²) >= 11 is 0. The highest BCUT2D eigenvalue weighted by molar-refractivity contribution is 5.77. The molecule has 5 N–H and O–H groups in total. The molecule has 0 radical (unpaired) electrons. The van der Waals surface area contributed by atoms with Crippen LogP contribution < -0.4 is 5.56 Å². The van der Waals surface area contributed by atoms with Crippen molar-refractivity contribution in [3.05, 3.63) is 46.8 Å². The summed E-state index contributed by atoms with van der Waals surface area (Å²) in [6.45, 7) is 1.20. The maximum atomic E-state index is 10.8. The Balaban J connectivity index is 0.000000362. The van der Waals surface area contributed by atoms with Crippen molar-refractivity contribution >= 4 is 16.9 Å². The molecule has 1 aromatic carbocycles. The molecule has 1 aromatic heterocycles. The predicted molar refractivity (Wildman–Crippen MR) is 67.5 cm³/mol. The van der Waals surface area contributed by atoms with Crippen LogP contribution in [0.25, 0.3) is 10.9 Å². The Morgan fingerprint density at radius 2 is 1.78 bits per heavy atom. The van der Waals surface area contributed by atoms with Crippen LogP contribution in [0.2, 0.25) is 0 Å². The lowest BCUT2D eigenvalue weighted by Crippen LogP contribution is -2.13. The van der Waals surface area contributed by atoms with E-state index in [1.54, 1.807) is 0 Å². The number of rotatable bonds is 1. The van der Waals surface area contributed by atoms with E-state index in [1.807, 2.05) is 30.3 Å². The van der Waals surface area contributed by atoms with E-state index >= 15 is 0 Å². The minimum absolute atomic E-state index is 0. The van der Waals surface area contributed by atoms with E-state index < -0.39 is 12.1 Å². The van der Waals surface area contributed by atoms with Crippen molar-refractivity contribution in [3.8, 4) is 0 Å². The van der Waals surface area contributed by atoms with Crippen molar-refractivity contribution < 1.29 is 20.5 Å². The third-order valence-electron chi connectivity index (χ3n) is 1.99. The number of aliphatic hydroxyl groups excluding tert-OH is 1. The molecule has 0 saturated heterocycles. The minimum atomic E-state index is -1.23. The van der Waals surface area contributed by atoms with Crippen molar-refractivity contribution in [1.82, 2.24) is 4.98 Å². The molecule has 0 fully saturated rings. The molecule has 1 atom stereocenters. The molecule has 0 aliphatic carbocycles. The maximum absolute atomic E-state index is 10.8. The number of nitrogens with one attached hydrogen (secondary N) is 1. The van der Waals surface area contributed by atoms with Crippen LogP contribution in [0.3, 0.4) is 0 Å². The Bertz CT molecular complexity index is 561. The summed E-state index contributed by atoms with van der Waals surface area (Å²) in [6, 6.07) is 11.0. The van der Waals surface area contributed by atoms with Crippen LogP contribution in [0, 0.1) is 0 Å². The van der Waals surface area contributed by atoms with Crippen molar-refractivity contribution in [3.63, 3.8) is 0 Å². The van der Waals surface area contributed by atoms with Crippen LogP contribution in [0.5, 0.6) is 0 Å². The number of carbonyl (C=O) groups is 1. The number of aliphatic hydroxyl groups is 1. The number of aromatic amines is 1. The quantitative estimate of drug-likeness (QED) is 0.669. The van der Waals surface area contributed by atoms with Crippen LogP contribution in [-0.2, 0) is 4.79 Å². The van der Waals surface area contributed by atoms with E-state index in [-0.39, 0.29) is 11.0 Å². The molecule has 0 saturated carbocycles. The number of carboxylic acid groups (broad SMARTS) is 1. The van der Waals surface area contributed by atoms with E-state index in [2.05, 4.69) is 4.98 Å². The summed E-state index contributed by atoms with van der Waals surface area (Å²) in [4.78, 5) is 23.0. The molecular weight excluding hydrogens is 238 g/mol. The van der Waals surface area contributed by atoms with Crippen LogP contribution in [0.15, 0.2) is 41.2 Å². The Labute approximate surface area is 103 Å². The smallest absolute Gasteiger partial charge is 0.332 e. The summed E-state index contributed by atoms with van der Waals surface area (Å²) in [5.41, 5.74) is 0.837. The Morgan fingerprint density at radius 1 is 1.22 bits per heavy atom. The number of fused-ring (bicyclic) bond motifs is 1. The summed E-state index contributed by atoms with van der Waals surface area (Å²) in [5.74, 6) is -1.19. The average Bonchev–Trinajstić information content (AvgIpc) is 2.29. The fraction of sp³-hybridized carbons (Fsp3) is 0.167. The fourth-order valence-corrected chi connectivity index (χ4v) is 1.10. The average molecular weight is 253 g/mol. The molecule has 18 heavy (non-hydrogen) atoms. The van der Waals surface area contributed by atoms with Crippen molar-refractivity contribution in [2.75, 3.05) is 0 Å². The van der Waals surface area contributed by atoms with E-state index in [4.69, 9.17) is 10.2 Å². The second-order valence-corrected chi connectivity index (χ2v) is 3.42. The lowest BCUT2D eigenvalue weighted by molar-refractivity contribution is -0.145. The van der Waals surface area contributed by atoms with Crippen LogP contribution >= 0.6 is 0 Å². The Morgan fingerprint density at radius 3 is 2.33 bits per heavy atom. The number of hydrogen-bond acceptors (Lipinski definition) is 3. The topological polar surface area (TPSA) is 122 Å². The van der Waals surface area contributed by atoms with E-state index in [0.29, 0.717) is 0 Å². The largest absolute Gasteiger partial charge is 0.479 e. The van der Waals surface area contributed by atoms with Gasteiger partial charge < -0.3 is 20.7 Å². The molecule has 2 aromatic rings. The minimum Gasteiger partial charge on any atom is -0.479 e. The van der Waals surface area contributed by atoms with E-state index in [1.165, 1.54) is 13.0 Å². The summed E-state index contributed by atoms with van der Waals surface area (Å²) in [7, 11) is 0. The third-order valence-corrected chi connectivity index (χ3v) is 1.99. The van der Waals surface area contributed by atoms with Gasteiger partial charge in [0.1, 0.15) is 6.10 Å². The molecule has 98 valence electrons. The standard InChI is InChI=1S/C9H7NO.C3H6O3.H2O/c11-9-6-5-7-3-1-2-4-8(7)10-9;1-2(4)3(5)6;/h1-6H,(H,10,11);2,4H,1H3,(H,5,6);1H2. The van der Waals surface area contributed by atoms with Gasteiger partial charge >= 0.3 is 5.97 Å². The number of pyridine rings is 1. The van der Waals surface area contributed by atoms with Crippen molar-refractivity contribution in [2.24, 2.45) is 0 Å². The number of carboxylic acids is 1. The zero-order valence-electron chi connectivity index (χ0n) is 9.75. The zero-order valence-corrected chi connectivity index (χ0v) is 9.75. The third kappa shape index (κ3) is 4.77. The zero-order chi connectivity index (χ0) is 12.8. The van der Waals surface area contributed by atoms with Gasteiger partial charge in [-0.05, 0) is 24.4 Å². The monoisotopic (exact) mass is 253 g/mol. The van der Waals surface area contributed by atoms with Gasteiger partial charge in [0.2, 0.25) is 5.56 Å². The number of hydrogen-bond donors (Lipinski definition) is 3. The highest BCUT2D eigenvalue weighted by Crippen LogP contribution is 2.06. The highest BCUT2D eigenvalue weighted by atomic mass is 16.4. The first-order chi connectivity index (χ1) is 8.00. The first-order valence-electron chi connectivity index (χ1n) is 4.99. The summed E-state index contributed by atoms with van der Waals surface area (Å²) in [6.07, 6.45) is -1.23. The fourth-order valence-electron chi connectivity index (χ4n) is 1.10. The first kappa shape index (κ1) is 15.8. The first-order valence-corrected chi connectivity index (χ1v) is 4.99. The number of aromatic nitrogens is 1. The molecule has 6 nitrogen and oxygen atoms in total. The SMILES string of the molecule is CC(O)C(=O)O.O.O=c1ccc2ccccc2[nH]1. The molecule has 0 bridgehead atoms. The van der Waals surface area contributed by atoms with Gasteiger partial charge in [0, 0.05) is 11.6 Å². The number of H-pyrrole nitrogens is 1. The lowest BCUT2D eigenvalue weighted by Gasteiger charge is -1.93. The van der Waals surface area contributed by atoms with Gasteiger partial charge in [-0.25, -0.2) is 4.79 Å². The molecule has 0 amide bonds. The Kier molecular flexibility index (Phi) is 6.33. The van der Waals surface area contributed by atoms with Crippen LogP contribution in [0.4, 0.5) is 0 Å². The second kappa shape index (κ2) is 7.21. The van der Waals surface area contributed by atoms with Crippen LogP contribution in [-0.4, -0.2) is 32.7 Å². The van der Waals surface area contributed by atoms with Gasteiger partial charge in [0.25, 0.3) is 0 Å². The van der Waals surface area contributed by atoms with Crippen molar-refractivity contribution in [1.29, 1.82) is 0 Å². The van der Waals surface area contributed by atoms with E-state index in [9.17, 15) is 9.59 Å². The number of benzene rings is 1. The highest BCUT2D eigenvalue weighted by Gasteiger charge is 2.01. The van der Waals surface area contributed by atoms with Crippen LogP contribution in [0.1, 0.15) is 6.92 Å². The van der Waals surface area contributed by atoms with Gasteiger partial charge in [-0.15, -0.1) is 0 Å².